The van der Waals surface area contributed by atoms with Crippen LogP contribution in [-0.4, -0.2) is 12.7 Å². The van der Waals surface area contributed by atoms with E-state index in [1.165, 1.54) is 15.4 Å². The molecule has 2 rings (SSSR count). The number of ether oxygens (including phenoxy) is 1. The maximum absolute atomic E-state index is 5.85. The Morgan fingerprint density at radius 3 is 2.59 bits per heavy atom. The SMILES string of the molecule is CC1=C(Sc2ccccc2)CC(C(C)C)OC1. The summed E-state index contributed by atoms with van der Waals surface area (Å²) >= 11 is 1.89. The van der Waals surface area contributed by atoms with Crippen LogP contribution in [0.15, 0.2) is 45.7 Å². The van der Waals surface area contributed by atoms with Crippen molar-refractivity contribution in [3.05, 3.63) is 40.8 Å². The van der Waals surface area contributed by atoms with Crippen LogP contribution in [0.1, 0.15) is 27.2 Å². The normalized spacial score (nSPS) is 21.1. The Morgan fingerprint density at radius 2 is 1.94 bits per heavy atom. The van der Waals surface area contributed by atoms with Gasteiger partial charge in [0.05, 0.1) is 12.7 Å². The summed E-state index contributed by atoms with van der Waals surface area (Å²) in [6, 6.07) is 10.6. The Hall–Kier alpha value is -0.730. The van der Waals surface area contributed by atoms with Gasteiger partial charge in [0.15, 0.2) is 0 Å². The summed E-state index contributed by atoms with van der Waals surface area (Å²) in [4.78, 5) is 2.81. The summed E-state index contributed by atoms with van der Waals surface area (Å²) in [7, 11) is 0. The summed E-state index contributed by atoms with van der Waals surface area (Å²) in [5.74, 6) is 0.592. The van der Waals surface area contributed by atoms with Gasteiger partial charge < -0.3 is 4.74 Å². The molecule has 1 atom stereocenters. The first kappa shape index (κ1) is 12.7. The number of benzene rings is 1. The fourth-order valence-corrected chi connectivity index (χ4v) is 2.97. The lowest BCUT2D eigenvalue weighted by Crippen LogP contribution is -2.25. The Kier molecular flexibility index (Phi) is 4.30. The third-order valence-corrected chi connectivity index (χ3v) is 4.37. The van der Waals surface area contributed by atoms with Crippen LogP contribution in [0.5, 0.6) is 0 Å². The Labute approximate surface area is 108 Å². The van der Waals surface area contributed by atoms with Crippen molar-refractivity contribution < 1.29 is 4.74 Å². The molecule has 0 saturated carbocycles. The van der Waals surface area contributed by atoms with Crippen LogP contribution in [0.25, 0.3) is 0 Å². The van der Waals surface area contributed by atoms with Gasteiger partial charge in [0.2, 0.25) is 0 Å². The molecular weight excluding hydrogens is 228 g/mol. The van der Waals surface area contributed by atoms with Gasteiger partial charge in [-0.05, 0) is 35.5 Å². The molecule has 0 bridgehead atoms. The first-order valence-electron chi connectivity index (χ1n) is 6.20. The predicted molar refractivity (Wildman–Crippen MR) is 74.2 cm³/mol. The van der Waals surface area contributed by atoms with Gasteiger partial charge in [-0.1, -0.05) is 43.8 Å². The molecule has 17 heavy (non-hydrogen) atoms. The van der Waals surface area contributed by atoms with E-state index >= 15 is 0 Å². The van der Waals surface area contributed by atoms with Crippen molar-refractivity contribution in [3.8, 4) is 0 Å². The van der Waals surface area contributed by atoms with E-state index in [2.05, 4.69) is 51.1 Å². The number of hydrogen-bond donors (Lipinski definition) is 0. The van der Waals surface area contributed by atoms with Gasteiger partial charge in [-0.25, -0.2) is 0 Å². The first-order chi connectivity index (χ1) is 8.16. The van der Waals surface area contributed by atoms with Gasteiger partial charge in [0.25, 0.3) is 0 Å². The number of hydrogen-bond acceptors (Lipinski definition) is 2. The van der Waals surface area contributed by atoms with Crippen molar-refractivity contribution in [2.24, 2.45) is 5.92 Å². The number of thioether (sulfide) groups is 1. The highest BCUT2D eigenvalue weighted by atomic mass is 32.2. The fraction of sp³-hybridized carbons (Fsp3) is 0.467. The maximum Gasteiger partial charge on any atom is 0.0688 e. The molecule has 0 saturated heterocycles. The molecule has 1 aliphatic heterocycles. The van der Waals surface area contributed by atoms with E-state index < -0.39 is 0 Å². The van der Waals surface area contributed by atoms with E-state index in [4.69, 9.17) is 4.74 Å². The van der Waals surface area contributed by atoms with Crippen molar-refractivity contribution in [2.45, 2.75) is 38.2 Å². The first-order valence-corrected chi connectivity index (χ1v) is 7.01. The monoisotopic (exact) mass is 248 g/mol. The molecule has 92 valence electrons. The summed E-state index contributed by atoms with van der Waals surface area (Å²) < 4.78 is 5.85. The zero-order valence-corrected chi connectivity index (χ0v) is 11.6. The molecule has 1 nitrogen and oxygen atoms in total. The second-order valence-corrected chi connectivity index (χ2v) is 6.08. The van der Waals surface area contributed by atoms with Crippen LogP contribution in [0.2, 0.25) is 0 Å². The van der Waals surface area contributed by atoms with E-state index in [9.17, 15) is 0 Å². The van der Waals surface area contributed by atoms with Gasteiger partial charge in [0, 0.05) is 11.3 Å². The minimum atomic E-state index is 0.380. The topological polar surface area (TPSA) is 9.23 Å². The molecule has 1 aliphatic rings. The number of rotatable bonds is 3. The lowest BCUT2D eigenvalue weighted by atomic mass is 10.0. The average molecular weight is 248 g/mol. The quantitative estimate of drug-likeness (QED) is 0.779. The molecule has 0 radical (unpaired) electrons. The van der Waals surface area contributed by atoms with Gasteiger partial charge in [-0.3, -0.25) is 0 Å². The molecule has 1 aromatic rings. The predicted octanol–water partition coefficient (Wildman–Crippen LogP) is 4.50. The minimum Gasteiger partial charge on any atom is -0.373 e. The molecule has 1 heterocycles. The van der Waals surface area contributed by atoms with Crippen LogP contribution in [0, 0.1) is 5.92 Å². The van der Waals surface area contributed by atoms with Crippen LogP contribution < -0.4 is 0 Å². The highest BCUT2D eigenvalue weighted by molar-refractivity contribution is 8.03. The van der Waals surface area contributed by atoms with Crippen LogP contribution in [-0.2, 0) is 4.74 Å². The summed E-state index contributed by atoms with van der Waals surface area (Å²) in [5, 5.41) is 0. The van der Waals surface area contributed by atoms with Gasteiger partial charge in [-0.2, -0.15) is 0 Å². The van der Waals surface area contributed by atoms with Crippen LogP contribution >= 0.6 is 11.8 Å². The standard InChI is InChI=1S/C15H20OS/c1-11(2)14-9-15(12(3)10-16-14)17-13-7-5-4-6-8-13/h4-8,11,14H,9-10H2,1-3H3. The molecule has 0 aliphatic carbocycles. The van der Waals surface area contributed by atoms with Gasteiger partial charge in [0.1, 0.15) is 0 Å². The zero-order chi connectivity index (χ0) is 12.3. The van der Waals surface area contributed by atoms with Gasteiger partial charge >= 0.3 is 0 Å². The van der Waals surface area contributed by atoms with Crippen LogP contribution in [0.3, 0.4) is 0 Å². The Bertz CT molecular complexity index is 395. The minimum absolute atomic E-state index is 0.380. The van der Waals surface area contributed by atoms with Crippen LogP contribution in [0.4, 0.5) is 0 Å². The highest BCUT2D eigenvalue weighted by Crippen LogP contribution is 2.36. The van der Waals surface area contributed by atoms with Crippen molar-refractivity contribution in [3.63, 3.8) is 0 Å². The second kappa shape index (κ2) is 5.74. The summed E-state index contributed by atoms with van der Waals surface area (Å²) in [6.07, 6.45) is 1.44. The highest BCUT2D eigenvalue weighted by Gasteiger charge is 2.22. The van der Waals surface area contributed by atoms with Crippen molar-refractivity contribution in [1.29, 1.82) is 0 Å². The molecule has 0 N–H and O–H groups in total. The largest absolute Gasteiger partial charge is 0.373 e. The maximum atomic E-state index is 5.85. The Morgan fingerprint density at radius 1 is 1.24 bits per heavy atom. The van der Waals surface area contributed by atoms with E-state index in [0.29, 0.717) is 12.0 Å². The molecule has 1 aromatic carbocycles. The fourth-order valence-electron chi connectivity index (χ4n) is 1.92. The third kappa shape index (κ3) is 3.36. The summed E-state index contributed by atoms with van der Waals surface area (Å²) in [5.41, 5.74) is 1.38. The lowest BCUT2D eigenvalue weighted by Gasteiger charge is -2.28. The molecular formula is C15H20OS. The molecule has 1 unspecified atom stereocenters. The molecule has 0 amide bonds. The van der Waals surface area contributed by atoms with E-state index in [-0.39, 0.29) is 0 Å². The van der Waals surface area contributed by atoms with E-state index in [1.54, 1.807) is 0 Å². The smallest absolute Gasteiger partial charge is 0.0688 e. The lowest BCUT2D eigenvalue weighted by molar-refractivity contribution is 0.0288. The summed E-state index contributed by atoms with van der Waals surface area (Å²) in [6.45, 7) is 7.44. The average Bonchev–Trinajstić information content (AvgIpc) is 2.33. The van der Waals surface area contributed by atoms with Gasteiger partial charge in [-0.15, -0.1) is 0 Å². The Balaban J connectivity index is 2.09. The van der Waals surface area contributed by atoms with Crippen molar-refractivity contribution >= 4 is 11.8 Å². The van der Waals surface area contributed by atoms with Crippen molar-refractivity contribution in [1.82, 2.24) is 0 Å². The molecule has 0 aromatic heterocycles. The zero-order valence-electron chi connectivity index (χ0n) is 10.8. The van der Waals surface area contributed by atoms with E-state index in [1.807, 2.05) is 11.8 Å². The third-order valence-electron chi connectivity index (χ3n) is 3.10. The second-order valence-electron chi connectivity index (χ2n) is 4.92. The molecule has 0 fully saturated rings. The van der Waals surface area contributed by atoms with Crippen molar-refractivity contribution in [2.75, 3.05) is 6.61 Å². The van der Waals surface area contributed by atoms with E-state index in [0.717, 1.165) is 13.0 Å². The molecule has 0 spiro atoms. The molecule has 2 heteroatoms.